The van der Waals surface area contributed by atoms with Gasteiger partial charge in [-0.2, -0.15) is 0 Å². The monoisotopic (exact) mass is 453 g/mol. The predicted octanol–water partition coefficient (Wildman–Crippen LogP) is 6.00. The molecule has 0 spiro atoms. The number of ether oxygens (including phenoxy) is 1. The standard InChI is InChI=1S/C25H28ClN3O3/c1-5-32-24(30)23-17(3)20(18(4)27-23)15-29(14-19-12-10-16(2)11-13-19)25(31)28-22-9-7-6-8-21(22)26/h6-13,27H,5,14-15H2,1-4H3,(H,28,31). The zero-order valence-corrected chi connectivity index (χ0v) is 19.5. The van der Waals surface area contributed by atoms with Gasteiger partial charge < -0.3 is 19.9 Å². The largest absolute Gasteiger partial charge is 0.461 e. The summed E-state index contributed by atoms with van der Waals surface area (Å²) in [6.07, 6.45) is 0. The highest BCUT2D eigenvalue weighted by molar-refractivity contribution is 6.33. The molecule has 0 atom stereocenters. The lowest BCUT2D eigenvalue weighted by Crippen LogP contribution is -2.34. The number of urea groups is 1. The molecule has 0 saturated carbocycles. The predicted molar refractivity (Wildman–Crippen MR) is 127 cm³/mol. The van der Waals surface area contributed by atoms with Gasteiger partial charge in [0.15, 0.2) is 0 Å². The van der Waals surface area contributed by atoms with Crippen LogP contribution in [0.2, 0.25) is 5.02 Å². The van der Waals surface area contributed by atoms with Gasteiger partial charge in [0, 0.05) is 18.8 Å². The van der Waals surface area contributed by atoms with E-state index in [9.17, 15) is 9.59 Å². The molecule has 0 aliphatic rings. The van der Waals surface area contributed by atoms with Gasteiger partial charge in [0.05, 0.1) is 17.3 Å². The number of nitrogens with zero attached hydrogens (tertiary/aromatic N) is 1. The molecule has 168 valence electrons. The number of hydrogen-bond acceptors (Lipinski definition) is 3. The lowest BCUT2D eigenvalue weighted by molar-refractivity contribution is 0.0519. The highest BCUT2D eigenvalue weighted by Gasteiger charge is 2.23. The van der Waals surface area contributed by atoms with E-state index in [1.165, 1.54) is 0 Å². The summed E-state index contributed by atoms with van der Waals surface area (Å²) in [7, 11) is 0. The number of halogens is 1. The summed E-state index contributed by atoms with van der Waals surface area (Å²) in [5.74, 6) is -0.398. The van der Waals surface area contributed by atoms with Crippen molar-refractivity contribution in [1.29, 1.82) is 0 Å². The first-order valence-corrected chi connectivity index (χ1v) is 10.9. The maximum absolute atomic E-state index is 13.3. The number of hydrogen-bond donors (Lipinski definition) is 2. The lowest BCUT2D eigenvalue weighted by Gasteiger charge is -2.24. The fourth-order valence-corrected chi connectivity index (χ4v) is 3.68. The molecule has 2 amide bonds. The van der Waals surface area contributed by atoms with Gasteiger partial charge in [-0.25, -0.2) is 9.59 Å². The van der Waals surface area contributed by atoms with E-state index in [1.807, 2.05) is 57.2 Å². The van der Waals surface area contributed by atoms with Crippen LogP contribution in [0.1, 0.15) is 45.4 Å². The zero-order chi connectivity index (χ0) is 23.3. The van der Waals surface area contributed by atoms with E-state index in [-0.39, 0.29) is 6.03 Å². The zero-order valence-electron chi connectivity index (χ0n) is 18.8. The van der Waals surface area contributed by atoms with Gasteiger partial charge in [-0.05, 0) is 56.5 Å². The van der Waals surface area contributed by atoms with Crippen molar-refractivity contribution in [1.82, 2.24) is 9.88 Å². The summed E-state index contributed by atoms with van der Waals surface area (Å²) >= 11 is 6.24. The molecule has 3 aromatic rings. The van der Waals surface area contributed by atoms with Gasteiger partial charge in [0.1, 0.15) is 5.69 Å². The maximum Gasteiger partial charge on any atom is 0.355 e. The van der Waals surface area contributed by atoms with Gasteiger partial charge in [-0.1, -0.05) is 53.6 Å². The first-order chi connectivity index (χ1) is 15.3. The molecule has 0 unspecified atom stereocenters. The quantitative estimate of drug-likeness (QED) is 0.430. The second-order valence-electron chi connectivity index (χ2n) is 7.70. The van der Waals surface area contributed by atoms with Gasteiger partial charge in [-0.3, -0.25) is 0 Å². The van der Waals surface area contributed by atoms with Crippen LogP contribution in [0, 0.1) is 20.8 Å². The van der Waals surface area contributed by atoms with Crippen molar-refractivity contribution >= 4 is 29.3 Å². The van der Waals surface area contributed by atoms with Crippen molar-refractivity contribution in [3.63, 3.8) is 0 Å². The highest BCUT2D eigenvalue weighted by atomic mass is 35.5. The number of rotatable bonds is 7. The number of nitrogens with one attached hydrogen (secondary N) is 2. The second-order valence-corrected chi connectivity index (χ2v) is 8.11. The summed E-state index contributed by atoms with van der Waals surface area (Å²) < 4.78 is 5.15. The molecule has 0 saturated heterocycles. The Kier molecular flexibility index (Phi) is 7.59. The Morgan fingerprint density at radius 2 is 1.72 bits per heavy atom. The van der Waals surface area contributed by atoms with Crippen LogP contribution in [0.3, 0.4) is 0 Å². The van der Waals surface area contributed by atoms with Crippen LogP contribution in [0.5, 0.6) is 0 Å². The summed E-state index contributed by atoms with van der Waals surface area (Å²) in [6.45, 7) is 8.56. The molecule has 6 nitrogen and oxygen atoms in total. The first kappa shape index (κ1) is 23.4. The van der Waals surface area contributed by atoms with E-state index < -0.39 is 5.97 Å². The number of esters is 1. The Balaban J connectivity index is 1.90. The van der Waals surface area contributed by atoms with Crippen molar-refractivity contribution in [2.75, 3.05) is 11.9 Å². The fraction of sp³-hybridized carbons (Fsp3) is 0.280. The molecule has 0 bridgehead atoms. The fourth-order valence-electron chi connectivity index (χ4n) is 3.49. The molecule has 2 aromatic carbocycles. The molecule has 0 fully saturated rings. The van der Waals surface area contributed by atoms with Crippen LogP contribution >= 0.6 is 11.6 Å². The topological polar surface area (TPSA) is 74.4 Å². The Morgan fingerprint density at radius 3 is 2.38 bits per heavy atom. The van der Waals surface area contributed by atoms with Gasteiger partial charge in [0.25, 0.3) is 0 Å². The number of amides is 2. The highest BCUT2D eigenvalue weighted by Crippen LogP contribution is 2.24. The number of aryl methyl sites for hydroxylation is 2. The van der Waals surface area contributed by atoms with Gasteiger partial charge >= 0.3 is 12.0 Å². The van der Waals surface area contributed by atoms with E-state index >= 15 is 0 Å². The van der Waals surface area contributed by atoms with E-state index in [0.717, 1.165) is 27.9 Å². The Morgan fingerprint density at radius 1 is 1.03 bits per heavy atom. The van der Waals surface area contributed by atoms with Crippen LogP contribution in [-0.4, -0.2) is 28.5 Å². The number of anilines is 1. The smallest absolute Gasteiger partial charge is 0.355 e. The van der Waals surface area contributed by atoms with Gasteiger partial charge in [0.2, 0.25) is 0 Å². The van der Waals surface area contributed by atoms with Crippen LogP contribution in [0.15, 0.2) is 48.5 Å². The molecular weight excluding hydrogens is 426 g/mol. The molecule has 3 rings (SSSR count). The third-order valence-electron chi connectivity index (χ3n) is 5.32. The summed E-state index contributed by atoms with van der Waals surface area (Å²) in [4.78, 5) is 30.4. The molecular formula is C25H28ClN3O3. The Labute approximate surface area is 193 Å². The third-order valence-corrected chi connectivity index (χ3v) is 5.65. The molecule has 0 radical (unpaired) electrons. The molecule has 32 heavy (non-hydrogen) atoms. The molecule has 0 aliphatic carbocycles. The SMILES string of the molecule is CCOC(=O)c1[nH]c(C)c(CN(Cc2ccc(C)cc2)C(=O)Nc2ccccc2Cl)c1C. The van der Waals surface area contributed by atoms with Crippen LogP contribution < -0.4 is 5.32 Å². The normalized spacial score (nSPS) is 10.7. The van der Waals surface area contributed by atoms with Crippen molar-refractivity contribution in [3.05, 3.63) is 87.2 Å². The van der Waals surface area contributed by atoms with Crippen molar-refractivity contribution in [2.24, 2.45) is 0 Å². The summed E-state index contributed by atoms with van der Waals surface area (Å²) in [5, 5.41) is 3.37. The number of benzene rings is 2. The van der Waals surface area contributed by atoms with E-state index in [2.05, 4.69) is 10.3 Å². The minimum Gasteiger partial charge on any atom is -0.461 e. The molecule has 1 aromatic heterocycles. The lowest BCUT2D eigenvalue weighted by atomic mass is 10.1. The van der Waals surface area contributed by atoms with Crippen molar-refractivity contribution in [3.8, 4) is 0 Å². The number of carbonyl (C=O) groups excluding carboxylic acids is 2. The number of H-pyrrole nitrogens is 1. The summed E-state index contributed by atoms with van der Waals surface area (Å²) in [5.41, 5.74) is 5.60. The van der Waals surface area contributed by atoms with E-state index in [0.29, 0.717) is 36.1 Å². The minimum absolute atomic E-state index is 0.281. The summed E-state index contributed by atoms with van der Waals surface area (Å²) in [6, 6.07) is 14.9. The molecule has 7 heteroatoms. The number of aromatic nitrogens is 1. The van der Waals surface area contributed by atoms with E-state index in [4.69, 9.17) is 16.3 Å². The van der Waals surface area contributed by atoms with Crippen LogP contribution in [0.4, 0.5) is 10.5 Å². The minimum atomic E-state index is -0.398. The second kappa shape index (κ2) is 10.4. The molecule has 1 heterocycles. The molecule has 0 aliphatic heterocycles. The van der Waals surface area contributed by atoms with E-state index in [1.54, 1.807) is 24.0 Å². The van der Waals surface area contributed by atoms with Crippen molar-refractivity contribution < 1.29 is 14.3 Å². The third kappa shape index (κ3) is 5.51. The first-order valence-electron chi connectivity index (χ1n) is 10.5. The number of carbonyl (C=O) groups is 2. The average molecular weight is 454 g/mol. The maximum atomic E-state index is 13.3. The Hall–Kier alpha value is -3.25. The number of para-hydroxylation sites is 1. The van der Waals surface area contributed by atoms with Crippen LogP contribution in [-0.2, 0) is 17.8 Å². The van der Waals surface area contributed by atoms with Crippen LogP contribution in [0.25, 0.3) is 0 Å². The molecule has 2 N–H and O–H groups in total. The average Bonchev–Trinajstić information content (AvgIpc) is 3.04. The van der Waals surface area contributed by atoms with Crippen molar-refractivity contribution in [2.45, 2.75) is 40.8 Å². The Bertz CT molecular complexity index is 1110. The number of aromatic amines is 1. The van der Waals surface area contributed by atoms with Gasteiger partial charge in [-0.15, -0.1) is 0 Å².